The largest absolute Gasteiger partial charge is 0.487 e. The maximum absolute atomic E-state index is 12.1. The Morgan fingerprint density at radius 3 is 2.39 bits per heavy atom. The summed E-state index contributed by atoms with van der Waals surface area (Å²) in [6, 6.07) is 12.5. The number of hydrogen-bond donors (Lipinski definition) is 0. The van der Waals surface area contributed by atoms with E-state index in [1.807, 2.05) is 30.3 Å². The van der Waals surface area contributed by atoms with Crippen molar-refractivity contribution < 1.29 is 19.1 Å². The van der Waals surface area contributed by atoms with Gasteiger partial charge in [0, 0.05) is 0 Å². The molecule has 23 heavy (non-hydrogen) atoms. The van der Waals surface area contributed by atoms with Crippen LogP contribution in [0.15, 0.2) is 42.5 Å². The molecule has 2 aromatic rings. The van der Waals surface area contributed by atoms with Crippen LogP contribution in [-0.4, -0.2) is 18.4 Å². The number of esters is 1. The number of benzene rings is 2. The van der Waals surface area contributed by atoms with E-state index in [1.54, 1.807) is 13.0 Å². The molecule has 2 aromatic carbocycles. The second-order valence-electron chi connectivity index (χ2n) is 4.56. The molecule has 0 aromatic heterocycles. The summed E-state index contributed by atoms with van der Waals surface area (Å²) in [6.07, 6.45) is 0. The number of ketones is 1. The summed E-state index contributed by atoms with van der Waals surface area (Å²) in [4.78, 5) is 23.7. The van der Waals surface area contributed by atoms with Gasteiger partial charge >= 0.3 is 5.97 Å². The molecule has 0 aliphatic rings. The van der Waals surface area contributed by atoms with E-state index in [1.165, 1.54) is 6.07 Å². The molecule has 6 heteroatoms. The first-order valence-corrected chi connectivity index (χ1v) is 7.66. The molecule has 4 nitrogen and oxygen atoms in total. The lowest BCUT2D eigenvalue weighted by Gasteiger charge is -2.12. The monoisotopic (exact) mass is 352 g/mol. The highest BCUT2D eigenvalue weighted by Crippen LogP contribution is 2.34. The number of carbonyl (C=O) groups excluding carboxylic acids is 2. The zero-order valence-electron chi connectivity index (χ0n) is 12.3. The summed E-state index contributed by atoms with van der Waals surface area (Å²) in [5, 5.41) is 0.0617. The van der Waals surface area contributed by atoms with Gasteiger partial charge in [0.2, 0.25) is 0 Å². The molecule has 0 saturated carbocycles. The summed E-state index contributed by atoms with van der Waals surface area (Å²) < 4.78 is 10.3. The average Bonchev–Trinajstić information content (AvgIpc) is 2.55. The molecule has 0 radical (unpaired) electrons. The van der Waals surface area contributed by atoms with Gasteiger partial charge in [-0.15, -0.1) is 0 Å². The van der Waals surface area contributed by atoms with Crippen LogP contribution in [0, 0.1) is 0 Å². The molecule has 0 heterocycles. The predicted molar refractivity (Wildman–Crippen MR) is 88.2 cm³/mol. The van der Waals surface area contributed by atoms with Gasteiger partial charge in [-0.1, -0.05) is 53.5 Å². The Morgan fingerprint density at radius 1 is 1.04 bits per heavy atom. The lowest BCUT2D eigenvalue weighted by molar-refractivity contribution is -0.137. The van der Waals surface area contributed by atoms with Crippen molar-refractivity contribution in [3.05, 3.63) is 63.6 Å². The fourth-order valence-corrected chi connectivity index (χ4v) is 2.48. The van der Waals surface area contributed by atoms with Crippen LogP contribution >= 0.6 is 23.2 Å². The summed E-state index contributed by atoms with van der Waals surface area (Å²) in [5.74, 6) is -1.63. The number of rotatable bonds is 6. The minimum atomic E-state index is -1.00. The number of Topliss-reactive ketones (excluding diaryl/α,β-unsaturated/α-hetero) is 1. The molecular weight excluding hydrogens is 339 g/mol. The van der Waals surface area contributed by atoms with Crippen LogP contribution in [0.4, 0.5) is 0 Å². The van der Waals surface area contributed by atoms with Crippen molar-refractivity contribution >= 4 is 35.0 Å². The average molecular weight is 353 g/mol. The van der Waals surface area contributed by atoms with Crippen LogP contribution in [0.25, 0.3) is 0 Å². The lowest BCUT2D eigenvalue weighted by atomic mass is 10.1. The summed E-state index contributed by atoms with van der Waals surface area (Å²) in [6.45, 7) is 1.97. The smallest absolute Gasteiger partial charge is 0.379 e. The molecule has 0 saturated heterocycles. The van der Waals surface area contributed by atoms with E-state index in [0.29, 0.717) is 0 Å². The van der Waals surface area contributed by atoms with Crippen molar-refractivity contribution in [2.75, 3.05) is 6.61 Å². The second-order valence-corrected chi connectivity index (χ2v) is 5.34. The van der Waals surface area contributed by atoms with Crippen LogP contribution in [0.1, 0.15) is 22.8 Å². The normalized spacial score (nSPS) is 10.2. The maximum Gasteiger partial charge on any atom is 0.379 e. The first kappa shape index (κ1) is 17.3. The SMILES string of the molecule is CCOC(=O)C(=O)c1c(Cl)ccc(OCc2ccccc2)c1Cl. The Kier molecular flexibility index (Phi) is 6.02. The molecular formula is C17H14Cl2O4. The molecule has 0 aliphatic heterocycles. The van der Waals surface area contributed by atoms with Gasteiger partial charge < -0.3 is 9.47 Å². The molecule has 2 rings (SSSR count). The van der Waals surface area contributed by atoms with Crippen molar-refractivity contribution in [1.82, 2.24) is 0 Å². The molecule has 0 N–H and O–H groups in total. The molecule has 0 bridgehead atoms. The van der Waals surface area contributed by atoms with Crippen molar-refractivity contribution in [2.24, 2.45) is 0 Å². The quantitative estimate of drug-likeness (QED) is 0.441. The summed E-state index contributed by atoms with van der Waals surface area (Å²) in [5.41, 5.74) is 0.828. The maximum atomic E-state index is 12.1. The third-order valence-corrected chi connectivity index (χ3v) is 3.67. The fourth-order valence-electron chi connectivity index (χ4n) is 1.89. The number of ether oxygens (including phenoxy) is 2. The molecule has 120 valence electrons. The van der Waals surface area contributed by atoms with E-state index in [2.05, 4.69) is 0 Å². The molecule has 0 atom stereocenters. The fraction of sp³-hybridized carbons (Fsp3) is 0.176. The van der Waals surface area contributed by atoms with E-state index in [-0.39, 0.29) is 34.6 Å². The Bertz CT molecular complexity index is 714. The lowest BCUT2D eigenvalue weighted by Crippen LogP contribution is -2.18. The number of hydrogen-bond acceptors (Lipinski definition) is 4. The Morgan fingerprint density at radius 2 is 1.74 bits per heavy atom. The minimum absolute atomic E-state index is 0.00789. The molecule has 0 fully saturated rings. The van der Waals surface area contributed by atoms with Gasteiger partial charge in [0.25, 0.3) is 5.78 Å². The van der Waals surface area contributed by atoms with Crippen molar-refractivity contribution in [3.63, 3.8) is 0 Å². The Hall–Kier alpha value is -2.04. The van der Waals surface area contributed by atoms with Crippen LogP contribution in [0.3, 0.4) is 0 Å². The first-order chi connectivity index (χ1) is 11.0. The van der Waals surface area contributed by atoms with Crippen LogP contribution in [0.5, 0.6) is 5.75 Å². The van der Waals surface area contributed by atoms with Gasteiger partial charge in [-0.2, -0.15) is 0 Å². The van der Waals surface area contributed by atoms with Crippen molar-refractivity contribution in [2.45, 2.75) is 13.5 Å². The van der Waals surface area contributed by atoms with Gasteiger partial charge in [-0.3, -0.25) is 4.79 Å². The second kappa shape index (κ2) is 7.99. The van der Waals surface area contributed by atoms with Crippen LogP contribution in [0.2, 0.25) is 10.0 Å². The Labute approximate surface area is 143 Å². The first-order valence-electron chi connectivity index (χ1n) is 6.90. The van der Waals surface area contributed by atoms with E-state index < -0.39 is 11.8 Å². The zero-order valence-corrected chi connectivity index (χ0v) is 13.9. The van der Waals surface area contributed by atoms with Gasteiger partial charge in [0.15, 0.2) is 0 Å². The standard InChI is InChI=1S/C17H14Cl2O4/c1-2-22-17(21)16(20)14-12(18)8-9-13(15(14)19)23-10-11-6-4-3-5-7-11/h3-9H,2,10H2,1H3. The van der Waals surface area contributed by atoms with Gasteiger partial charge in [0.05, 0.1) is 22.2 Å². The highest BCUT2D eigenvalue weighted by Gasteiger charge is 2.25. The molecule has 0 amide bonds. The summed E-state index contributed by atoms with van der Waals surface area (Å²) in [7, 11) is 0. The molecule has 0 aliphatic carbocycles. The van der Waals surface area contributed by atoms with E-state index >= 15 is 0 Å². The molecule has 0 spiro atoms. The Balaban J connectivity index is 2.24. The highest BCUT2D eigenvalue weighted by molar-refractivity contribution is 6.50. The number of halogens is 2. The van der Waals surface area contributed by atoms with Crippen LogP contribution in [-0.2, 0) is 16.1 Å². The minimum Gasteiger partial charge on any atom is -0.487 e. The third-order valence-electron chi connectivity index (χ3n) is 2.98. The highest BCUT2D eigenvalue weighted by atomic mass is 35.5. The predicted octanol–water partition coefficient (Wildman–Crippen LogP) is 4.32. The van der Waals surface area contributed by atoms with Crippen molar-refractivity contribution in [1.29, 1.82) is 0 Å². The zero-order chi connectivity index (χ0) is 16.8. The van der Waals surface area contributed by atoms with E-state index in [4.69, 9.17) is 32.7 Å². The van der Waals surface area contributed by atoms with Gasteiger partial charge in [-0.25, -0.2) is 4.79 Å². The van der Waals surface area contributed by atoms with Crippen LogP contribution < -0.4 is 4.74 Å². The third kappa shape index (κ3) is 4.24. The van der Waals surface area contributed by atoms with Gasteiger partial charge in [0.1, 0.15) is 12.4 Å². The number of carbonyl (C=O) groups is 2. The van der Waals surface area contributed by atoms with E-state index in [9.17, 15) is 9.59 Å². The topological polar surface area (TPSA) is 52.6 Å². The summed E-state index contributed by atoms with van der Waals surface area (Å²) >= 11 is 12.2. The van der Waals surface area contributed by atoms with Crippen molar-refractivity contribution in [3.8, 4) is 5.75 Å². The molecule has 0 unspecified atom stereocenters. The van der Waals surface area contributed by atoms with Gasteiger partial charge in [-0.05, 0) is 24.6 Å². The van der Waals surface area contributed by atoms with E-state index in [0.717, 1.165) is 5.56 Å².